The third-order valence-electron chi connectivity index (χ3n) is 3.66. The largest absolute Gasteiger partial charge is 0.492 e. The van der Waals surface area contributed by atoms with Crippen LogP contribution in [0.1, 0.15) is 29.3 Å². The number of hydrogen-bond donors (Lipinski definition) is 1. The predicted octanol–water partition coefficient (Wildman–Crippen LogP) is 4.57. The summed E-state index contributed by atoms with van der Waals surface area (Å²) in [5.74, 6) is -0.309. The average molecular weight is 443 g/mol. The van der Waals surface area contributed by atoms with Crippen LogP contribution in [0.4, 0.5) is 5.69 Å². The summed E-state index contributed by atoms with van der Waals surface area (Å²) in [7, 11) is 1.29. The normalized spacial score (nSPS) is 10.7. The molecule has 0 unspecified atom stereocenters. The van der Waals surface area contributed by atoms with Crippen molar-refractivity contribution in [3.63, 3.8) is 0 Å². The Hall–Kier alpha value is -3.11. The van der Waals surface area contributed by atoms with Gasteiger partial charge in [0.25, 0.3) is 5.91 Å². The second-order valence-corrected chi connectivity index (χ2v) is 6.59. The number of nitriles is 1. The van der Waals surface area contributed by atoms with Gasteiger partial charge in [-0.15, -0.1) is 0 Å². The van der Waals surface area contributed by atoms with Crippen molar-refractivity contribution in [2.45, 2.75) is 13.3 Å². The van der Waals surface area contributed by atoms with Gasteiger partial charge in [-0.25, -0.2) is 4.79 Å². The van der Waals surface area contributed by atoms with Gasteiger partial charge in [0.15, 0.2) is 0 Å². The Balaban J connectivity index is 2.13. The molecule has 0 radical (unpaired) electrons. The minimum absolute atomic E-state index is 0.0498. The van der Waals surface area contributed by atoms with E-state index < -0.39 is 11.9 Å². The molecule has 1 amide bonds. The lowest BCUT2D eigenvalue weighted by atomic mass is 10.1. The van der Waals surface area contributed by atoms with Gasteiger partial charge in [-0.3, -0.25) is 4.79 Å². The lowest BCUT2D eigenvalue weighted by Crippen LogP contribution is -2.13. The summed E-state index contributed by atoms with van der Waals surface area (Å²) in [5.41, 5.74) is 1.46. The van der Waals surface area contributed by atoms with E-state index in [0.717, 1.165) is 10.9 Å². The zero-order valence-corrected chi connectivity index (χ0v) is 17.1. The first kappa shape index (κ1) is 21.2. The van der Waals surface area contributed by atoms with Gasteiger partial charge in [0.2, 0.25) is 0 Å². The van der Waals surface area contributed by atoms with Crippen molar-refractivity contribution in [1.29, 1.82) is 5.26 Å². The Morgan fingerprint density at radius 1 is 1.21 bits per heavy atom. The van der Waals surface area contributed by atoms with E-state index in [1.54, 1.807) is 30.3 Å². The Labute approximate surface area is 171 Å². The third kappa shape index (κ3) is 5.69. The molecule has 0 aromatic heterocycles. The quantitative estimate of drug-likeness (QED) is 0.385. The van der Waals surface area contributed by atoms with Gasteiger partial charge in [-0.1, -0.05) is 13.0 Å². The molecule has 0 atom stereocenters. The van der Waals surface area contributed by atoms with Crippen LogP contribution in [0, 0.1) is 11.3 Å². The highest BCUT2D eigenvalue weighted by molar-refractivity contribution is 9.10. The third-order valence-corrected chi connectivity index (χ3v) is 4.28. The Morgan fingerprint density at radius 2 is 1.93 bits per heavy atom. The minimum Gasteiger partial charge on any atom is -0.492 e. The molecule has 2 aromatic carbocycles. The number of esters is 1. The van der Waals surface area contributed by atoms with E-state index >= 15 is 0 Å². The number of nitrogens with one attached hydrogen (secondary N) is 1. The summed E-state index contributed by atoms with van der Waals surface area (Å²) in [5, 5.41) is 12.0. The molecule has 0 aliphatic carbocycles. The zero-order chi connectivity index (χ0) is 20.5. The first-order valence-corrected chi connectivity index (χ1v) is 9.31. The van der Waals surface area contributed by atoms with E-state index in [-0.39, 0.29) is 5.57 Å². The number of anilines is 1. The Morgan fingerprint density at radius 3 is 2.50 bits per heavy atom. The van der Waals surface area contributed by atoms with Crippen LogP contribution >= 0.6 is 15.9 Å². The zero-order valence-electron chi connectivity index (χ0n) is 15.5. The van der Waals surface area contributed by atoms with E-state index in [1.807, 2.05) is 13.0 Å². The van der Waals surface area contributed by atoms with Crippen molar-refractivity contribution >= 4 is 39.6 Å². The highest BCUT2D eigenvalue weighted by Crippen LogP contribution is 2.27. The first-order chi connectivity index (χ1) is 13.5. The van der Waals surface area contributed by atoms with Crippen molar-refractivity contribution in [2.75, 3.05) is 19.0 Å². The summed E-state index contributed by atoms with van der Waals surface area (Å²) in [4.78, 5) is 23.8. The number of halogens is 1. The standard InChI is InChI=1S/C21H19BrN2O4/c1-3-10-28-19-9-4-14(12-18(19)22)11-16(13-23)20(25)24-17-7-5-15(6-8-17)21(26)27-2/h4-9,11-12H,3,10H2,1-2H3,(H,24,25)/b16-11+. The Bertz CT molecular complexity index is 930. The van der Waals surface area contributed by atoms with Crippen LogP contribution in [-0.2, 0) is 9.53 Å². The lowest BCUT2D eigenvalue weighted by molar-refractivity contribution is -0.112. The number of benzene rings is 2. The van der Waals surface area contributed by atoms with Crippen molar-refractivity contribution in [2.24, 2.45) is 0 Å². The van der Waals surface area contributed by atoms with Gasteiger partial charge < -0.3 is 14.8 Å². The van der Waals surface area contributed by atoms with Crippen LogP contribution in [0.25, 0.3) is 6.08 Å². The minimum atomic E-state index is -0.546. The van der Waals surface area contributed by atoms with Crippen LogP contribution in [0.3, 0.4) is 0 Å². The van der Waals surface area contributed by atoms with Crippen LogP contribution in [-0.4, -0.2) is 25.6 Å². The van der Waals surface area contributed by atoms with E-state index in [2.05, 4.69) is 26.0 Å². The average Bonchev–Trinajstić information content (AvgIpc) is 2.71. The molecule has 0 aliphatic rings. The molecule has 0 aliphatic heterocycles. The molecular weight excluding hydrogens is 424 g/mol. The fourth-order valence-electron chi connectivity index (χ4n) is 2.26. The summed E-state index contributed by atoms with van der Waals surface area (Å²) in [6.07, 6.45) is 2.39. The molecule has 1 N–H and O–H groups in total. The molecule has 0 saturated heterocycles. The highest BCUT2D eigenvalue weighted by atomic mass is 79.9. The van der Waals surface area contributed by atoms with Crippen molar-refractivity contribution in [3.8, 4) is 11.8 Å². The molecule has 0 heterocycles. The first-order valence-electron chi connectivity index (χ1n) is 8.52. The molecule has 144 valence electrons. The van der Waals surface area contributed by atoms with Gasteiger partial charge in [0.1, 0.15) is 17.4 Å². The van der Waals surface area contributed by atoms with Crippen molar-refractivity contribution in [1.82, 2.24) is 0 Å². The predicted molar refractivity (Wildman–Crippen MR) is 110 cm³/mol. The maximum absolute atomic E-state index is 12.4. The number of carbonyl (C=O) groups is 2. The second-order valence-electron chi connectivity index (χ2n) is 5.73. The van der Waals surface area contributed by atoms with Gasteiger partial charge in [-0.2, -0.15) is 5.26 Å². The molecule has 0 saturated carbocycles. The second kappa shape index (κ2) is 10.3. The van der Waals surface area contributed by atoms with E-state index in [1.165, 1.54) is 25.3 Å². The van der Waals surface area contributed by atoms with E-state index in [4.69, 9.17) is 4.74 Å². The SMILES string of the molecule is CCCOc1ccc(/C=C(\C#N)C(=O)Nc2ccc(C(=O)OC)cc2)cc1Br. The monoisotopic (exact) mass is 442 g/mol. The number of hydrogen-bond acceptors (Lipinski definition) is 5. The van der Waals surface area contributed by atoms with E-state index in [0.29, 0.717) is 29.2 Å². The molecule has 0 bridgehead atoms. The maximum Gasteiger partial charge on any atom is 0.337 e. The summed E-state index contributed by atoms with van der Waals surface area (Å²) < 4.78 is 11.0. The van der Waals surface area contributed by atoms with Crippen molar-refractivity contribution in [3.05, 3.63) is 63.6 Å². The molecular formula is C21H19BrN2O4. The number of nitrogens with zero attached hydrogens (tertiary/aromatic N) is 1. The van der Waals surface area contributed by atoms with Gasteiger partial charge >= 0.3 is 5.97 Å². The van der Waals surface area contributed by atoms with Gasteiger partial charge in [0.05, 0.1) is 23.8 Å². The summed E-state index contributed by atoms with van der Waals surface area (Å²) in [6.45, 7) is 2.63. The van der Waals surface area contributed by atoms with Gasteiger partial charge in [0, 0.05) is 5.69 Å². The molecule has 28 heavy (non-hydrogen) atoms. The fraction of sp³-hybridized carbons (Fsp3) is 0.190. The number of amides is 1. The van der Waals surface area contributed by atoms with Crippen LogP contribution in [0.15, 0.2) is 52.5 Å². The van der Waals surface area contributed by atoms with Crippen LogP contribution in [0.5, 0.6) is 5.75 Å². The molecule has 2 aromatic rings. The number of methoxy groups -OCH3 is 1. The highest BCUT2D eigenvalue weighted by Gasteiger charge is 2.11. The maximum atomic E-state index is 12.4. The van der Waals surface area contributed by atoms with Gasteiger partial charge in [-0.05, 0) is 70.4 Å². The van der Waals surface area contributed by atoms with Crippen LogP contribution in [0.2, 0.25) is 0 Å². The summed E-state index contributed by atoms with van der Waals surface area (Å²) >= 11 is 3.43. The fourth-order valence-corrected chi connectivity index (χ4v) is 2.77. The molecule has 0 spiro atoms. The summed E-state index contributed by atoms with van der Waals surface area (Å²) in [6, 6.07) is 13.4. The number of carbonyl (C=O) groups excluding carboxylic acids is 2. The van der Waals surface area contributed by atoms with Crippen LogP contribution < -0.4 is 10.1 Å². The Kier molecular flexibility index (Phi) is 7.78. The molecule has 6 nitrogen and oxygen atoms in total. The number of rotatable bonds is 7. The molecule has 7 heteroatoms. The number of ether oxygens (including phenoxy) is 2. The smallest absolute Gasteiger partial charge is 0.337 e. The van der Waals surface area contributed by atoms with E-state index in [9.17, 15) is 14.9 Å². The molecule has 0 fully saturated rings. The van der Waals surface area contributed by atoms with Crippen molar-refractivity contribution < 1.29 is 19.1 Å². The topological polar surface area (TPSA) is 88.4 Å². The lowest BCUT2D eigenvalue weighted by Gasteiger charge is -2.08. The molecule has 2 rings (SSSR count).